The van der Waals surface area contributed by atoms with E-state index in [1.807, 2.05) is 52.1 Å². The van der Waals surface area contributed by atoms with Crippen LogP contribution in [0.3, 0.4) is 0 Å². The first-order valence-electron chi connectivity index (χ1n) is 7.61. The summed E-state index contributed by atoms with van der Waals surface area (Å²) < 4.78 is 2.04. The molecule has 1 aromatic heterocycles. The smallest absolute Gasteiger partial charge is 0.274 e. The molecule has 0 radical (unpaired) electrons. The van der Waals surface area contributed by atoms with Gasteiger partial charge in [0.1, 0.15) is 5.69 Å². The summed E-state index contributed by atoms with van der Waals surface area (Å²) in [5.74, 6) is 0.0876. The van der Waals surface area contributed by atoms with Crippen molar-refractivity contribution in [2.24, 2.45) is 0 Å². The van der Waals surface area contributed by atoms with Gasteiger partial charge in [0.05, 0.1) is 11.4 Å². The van der Waals surface area contributed by atoms with E-state index in [4.69, 9.17) is 0 Å². The summed E-state index contributed by atoms with van der Waals surface area (Å²) in [5.41, 5.74) is 2.79. The maximum Gasteiger partial charge on any atom is 0.274 e. The normalized spacial score (nSPS) is 14.2. The van der Waals surface area contributed by atoms with Crippen LogP contribution < -0.4 is 10.2 Å². The van der Waals surface area contributed by atoms with Crippen LogP contribution in [0.2, 0.25) is 0 Å². The van der Waals surface area contributed by atoms with Crippen LogP contribution in [0, 0.1) is 0 Å². The van der Waals surface area contributed by atoms with Gasteiger partial charge in [-0.25, -0.2) is 0 Å². The van der Waals surface area contributed by atoms with E-state index >= 15 is 0 Å². The molecule has 3 rings (SSSR count). The lowest BCUT2D eigenvalue weighted by molar-refractivity contribution is 0.0978. The van der Waals surface area contributed by atoms with Crippen LogP contribution >= 0.6 is 0 Å². The molecule has 0 spiro atoms. The van der Waals surface area contributed by atoms with Crippen LogP contribution in [0.4, 0.5) is 11.4 Å². The fraction of sp³-hybridized carbons (Fsp3) is 0.353. The summed E-state index contributed by atoms with van der Waals surface area (Å²) in [4.78, 5) is 14.8. The Balaban J connectivity index is 1.95. The third-order valence-corrected chi connectivity index (χ3v) is 3.83. The Morgan fingerprint density at radius 2 is 2.10 bits per heavy atom. The van der Waals surface area contributed by atoms with Crippen molar-refractivity contribution < 1.29 is 4.79 Å². The molecule has 1 aromatic carbocycles. The van der Waals surface area contributed by atoms with Gasteiger partial charge in [0, 0.05) is 25.8 Å². The molecule has 0 saturated carbocycles. The molecule has 0 atom stereocenters. The summed E-state index contributed by atoms with van der Waals surface area (Å²) >= 11 is 0. The topological polar surface area (TPSA) is 37.3 Å². The molecule has 0 aliphatic carbocycles. The maximum atomic E-state index is 12.9. The molecule has 4 heteroatoms. The first-order valence-corrected chi connectivity index (χ1v) is 7.61. The SMILES string of the molecule is CCCn1cccc1C(=O)N1CCCNc2ccccc21. The Kier molecular flexibility index (Phi) is 3.95. The second-order valence-corrected chi connectivity index (χ2v) is 5.34. The predicted molar refractivity (Wildman–Crippen MR) is 85.9 cm³/mol. The van der Waals surface area contributed by atoms with Gasteiger partial charge in [-0.15, -0.1) is 0 Å². The third kappa shape index (κ3) is 2.66. The zero-order valence-electron chi connectivity index (χ0n) is 12.4. The first-order chi connectivity index (χ1) is 10.3. The first kappa shape index (κ1) is 13.7. The van der Waals surface area contributed by atoms with Crippen LogP contribution in [-0.4, -0.2) is 23.6 Å². The van der Waals surface area contributed by atoms with Gasteiger partial charge in [-0.1, -0.05) is 19.1 Å². The number of hydrogen-bond acceptors (Lipinski definition) is 2. The van der Waals surface area contributed by atoms with E-state index in [9.17, 15) is 4.79 Å². The van der Waals surface area contributed by atoms with Crippen molar-refractivity contribution in [3.05, 3.63) is 48.3 Å². The standard InChI is InChI=1S/C17H21N3O/c1-2-11-19-12-5-9-16(19)17(21)20-13-6-10-18-14-7-3-4-8-15(14)20/h3-5,7-9,12,18H,2,6,10-11,13H2,1H3. The zero-order valence-corrected chi connectivity index (χ0v) is 12.4. The van der Waals surface area contributed by atoms with E-state index in [1.54, 1.807) is 0 Å². The van der Waals surface area contributed by atoms with E-state index in [0.29, 0.717) is 0 Å². The summed E-state index contributed by atoms with van der Waals surface area (Å²) in [6.07, 6.45) is 3.96. The molecular formula is C17H21N3O. The highest BCUT2D eigenvalue weighted by Gasteiger charge is 2.23. The second kappa shape index (κ2) is 6.04. The zero-order chi connectivity index (χ0) is 14.7. The highest BCUT2D eigenvalue weighted by atomic mass is 16.2. The van der Waals surface area contributed by atoms with Gasteiger partial charge >= 0.3 is 0 Å². The minimum absolute atomic E-state index is 0.0876. The number of hydrogen-bond donors (Lipinski definition) is 1. The highest BCUT2D eigenvalue weighted by Crippen LogP contribution is 2.29. The predicted octanol–water partition coefficient (Wildman–Crippen LogP) is 3.36. The third-order valence-electron chi connectivity index (χ3n) is 3.83. The number of amides is 1. The van der Waals surface area contributed by atoms with Crippen molar-refractivity contribution in [1.29, 1.82) is 0 Å². The lowest BCUT2D eigenvalue weighted by Crippen LogP contribution is -2.33. The Labute approximate surface area is 125 Å². The lowest BCUT2D eigenvalue weighted by Gasteiger charge is -2.23. The van der Waals surface area contributed by atoms with E-state index in [-0.39, 0.29) is 5.91 Å². The fourth-order valence-corrected chi connectivity index (χ4v) is 2.83. The second-order valence-electron chi connectivity index (χ2n) is 5.34. The van der Waals surface area contributed by atoms with Crippen molar-refractivity contribution >= 4 is 17.3 Å². The van der Waals surface area contributed by atoms with Gasteiger partial charge in [0.2, 0.25) is 0 Å². The minimum atomic E-state index is 0.0876. The average Bonchev–Trinajstić information content (AvgIpc) is 2.85. The number of aromatic nitrogens is 1. The Morgan fingerprint density at radius 3 is 2.95 bits per heavy atom. The molecule has 1 N–H and O–H groups in total. The molecule has 0 saturated heterocycles. The van der Waals surface area contributed by atoms with E-state index in [1.165, 1.54) is 0 Å². The van der Waals surface area contributed by atoms with Gasteiger partial charge in [-0.2, -0.15) is 0 Å². The Morgan fingerprint density at radius 1 is 1.24 bits per heavy atom. The van der Waals surface area contributed by atoms with Crippen LogP contribution in [0.15, 0.2) is 42.6 Å². The fourth-order valence-electron chi connectivity index (χ4n) is 2.83. The molecule has 0 fully saturated rings. The number of anilines is 2. The number of para-hydroxylation sites is 2. The summed E-state index contributed by atoms with van der Waals surface area (Å²) in [5, 5.41) is 3.39. The summed E-state index contributed by atoms with van der Waals surface area (Å²) in [6.45, 7) is 4.65. The van der Waals surface area contributed by atoms with Crippen molar-refractivity contribution in [3.8, 4) is 0 Å². The molecule has 4 nitrogen and oxygen atoms in total. The molecule has 1 aliphatic rings. The molecule has 21 heavy (non-hydrogen) atoms. The number of carbonyl (C=O) groups is 1. The highest BCUT2D eigenvalue weighted by molar-refractivity contribution is 6.07. The number of carbonyl (C=O) groups excluding carboxylic acids is 1. The molecule has 2 aromatic rings. The monoisotopic (exact) mass is 283 g/mol. The van der Waals surface area contributed by atoms with Crippen LogP contribution in [-0.2, 0) is 6.54 Å². The van der Waals surface area contributed by atoms with Gasteiger partial charge in [-0.3, -0.25) is 4.79 Å². The maximum absolute atomic E-state index is 12.9. The number of nitrogens with one attached hydrogen (secondary N) is 1. The quantitative estimate of drug-likeness (QED) is 0.938. The van der Waals surface area contributed by atoms with E-state index in [0.717, 1.165) is 49.5 Å². The number of nitrogens with zero attached hydrogens (tertiary/aromatic N) is 2. The molecule has 0 bridgehead atoms. The van der Waals surface area contributed by atoms with Crippen molar-refractivity contribution in [1.82, 2.24) is 4.57 Å². The Bertz CT molecular complexity index is 632. The van der Waals surface area contributed by atoms with E-state index in [2.05, 4.69) is 12.2 Å². The summed E-state index contributed by atoms with van der Waals surface area (Å²) in [7, 11) is 0. The number of aryl methyl sites for hydroxylation is 1. The van der Waals surface area contributed by atoms with E-state index < -0.39 is 0 Å². The van der Waals surface area contributed by atoms with Gasteiger partial charge in [0.25, 0.3) is 5.91 Å². The average molecular weight is 283 g/mol. The summed E-state index contributed by atoms with van der Waals surface area (Å²) in [6, 6.07) is 11.9. The minimum Gasteiger partial charge on any atom is -0.383 e. The Hall–Kier alpha value is -2.23. The lowest BCUT2D eigenvalue weighted by atomic mass is 10.2. The largest absolute Gasteiger partial charge is 0.383 e. The van der Waals surface area contributed by atoms with Gasteiger partial charge in [0.15, 0.2) is 0 Å². The molecule has 110 valence electrons. The van der Waals surface area contributed by atoms with Crippen LogP contribution in [0.25, 0.3) is 0 Å². The number of fused-ring (bicyclic) bond motifs is 1. The van der Waals surface area contributed by atoms with Crippen molar-refractivity contribution in [2.75, 3.05) is 23.3 Å². The van der Waals surface area contributed by atoms with Crippen molar-refractivity contribution in [2.45, 2.75) is 26.3 Å². The molecule has 1 amide bonds. The molecule has 2 heterocycles. The number of rotatable bonds is 3. The molecule has 0 unspecified atom stereocenters. The van der Waals surface area contributed by atoms with Crippen molar-refractivity contribution in [3.63, 3.8) is 0 Å². The molecule has 1 aliphatic heterocycles. The van der Waals surface area contributed by atoms with Crippen LogP contribution in [0.1, 0.15) is 30.3 Å². The number of benzene rings is 1. The van der Waals surface area contributed by atoms with Gasteiger partial charge < -0.3 is 14.8 Å². The van der Waals surface area contributed by atoms with Gasteiger partial charge in [-0.05, 0) is 37.1 Å². The molecular weight excluding hydrogens is 262 g/mol. The van der Waals surface area contributed by atoms with Crippen LogP contribution in [0.5, 0.6) is 0 Å².